The first-order chi connectivity index (χ1) is 8.91. The van der Waals surface area contributed by atoms with Crippen LogP contribution in [0.15, 0.2) is 30.3 Å². The zero-order valence-corrected chi connectivity index (χ0v) is 12.4. The van der Waals surface area contributed by atoms with E-state index in [1.807, 2.05) is 30.3 Å². The predicted molar refractivity (Wildman–Crippen MR) is 78.3 cm³/mol. The number of benzene rings is 1. The molecular weight excluding hydrogens is 260 g/mol. The zero-order chi connectivity index (χ0) is 14.5. The van der Waals surface area contributed by atoms with Gasteiger partial charge < -0.3 is 4.74 Å². The molecule has 0 aliphatic rings. The van der Waals surface area contributed by atoms with Gasteiger partial charge in [-0.25, -0.2) is 0 Å². The Balaban J connectivity index is 3.05. The van der Waals surface area contributed by atoms with Crippen molar-refractivity contribution in [2.45, 2.75) is 31.9 Å². The van der Waals surface area contributed by atoms with Gasteiger partial charge in [-0.1, -0.05) is 44.2 Å². The van der Waals surface area contributed by atoms with Crippen molar-refractivity contribution < 1.29 is 14.3 Å². The lowest BCUT2D eigenvalue weighted by molar-refractivity contribution is -0.149. The van der Waals surface area contributed by atoms with Crippen molar-refractivity contribution in [3.8, 4) is 0 Å². The quantitative estimate of drug-likeness (QED) is 0.495. The predicted octanol–water partition coefficient (Wildman–Crippen LogP) is 2.69. The average Bonchev–Trinajstić information content (AvgIpc) is 2.39. The van der Waals surface area contributed by atoms with E-state index in [2.05, 4.69) is 12.6 Å². The second-order valence-corrected chi connectivity index (χ2v) is 5.53. The number of ether oxygens (including phenoxy) is 1. The summed E-state index contributed by atoms with van der Waals surface area (Å²) in [6.45, 7) is 5.48. The van der Waals surface area contributed by atoms with E-state index in [1.54, 1.807) is 20.8 Å². The fourth-order valence-electron chi connectivity index (χ4n) is 1.88. The maximum atomic E-state index is 12.3. The summed E-state index contributed by atoms with van der Waals surface area (Å²) in [5, 5.41) is 0. The molecular formula is C15H20O3S. The summed E-state index contributed by atoms with van der Waals surface area (Å²) in [5.74, 6) is -1.05. The maximum Gasteiger partial charge on any atom is 0.329 e. The van der Waals surface area contributed by atoms with Gasteiger partial charge in [-0.15, -0.1) is 0 Å². The molecule has 104 valence electrons. The van der Waals surface area contributed by atoms with Crippen molar-refractivity contribution in [1.29, 1.82) is 0 Å². The molecule has 0 saturated carbocycles. The molecule has 0 heterocycles. The number of carbonyl (C=O) groups is 2. The lowest BCUT2D eigenvalue weighted by atomic mass is 9.88. The number of thiol groups is 1. The first-order valence-corrected chi connectivity index (χ1v) is 6.84. The second kappa shape index (κ2) is 6.75. The van der Waals surface area contributed by atoms with Gasteiger partial charge in [-0.05, 0) is 12.5 Å². The zero-order valence-electron chi connectivity index (χ0n) is 11.6. The third-order valence-electron chi connectivity index (χ3n) is 2.85. The highest BCUT2D eigenvalue weighted by atomic mass is 32.1. The molecule has 0 fully saturated rings. The van der Waals surface area contributed by atoms with E-state index >= 15 is 0 Å². The molecule has 4 heteroatoms. The fourth-order valence-corrected chi connectivity index (χ4v) is 2.38. The monoisotopic (exact) mass is 280 g/mol. The molecule has 1 unspecified atom stereocenters. The smallest absolute Gasteiger partial charge is 0.329 e. The Morgan fingerprint density at radius 2 is 1.84 bits per heavy atom. The van der Waals surface area contributed by atoms with Crippen LogP contribution in [0.2, 0.25) is 0 Å². The molecule has 0 aliphatic heterocycles. The van der Waals surface area contributed by atoms with Crippen molar-refractivity contribution >= 4 is 24.4 Å². The minimum absolute atomic E-state index is 0.210. The lowest BCUT2D eigenvalue weighted by Gasteiger charge is -2.26. The molecule has 1 rings (SSSR count). The Morgan fingerprint density at radius 3 is 2.32 bits per heavy atom. The van der Waals surface area contributed by atoms with Crippen LogP contribution in [0, 0.1) is 5.92 Å². The van der Waals surface area contributed by atoms with Gasteiger partial charge in [0.05, 0.1) is 6.61 Å². The van der Waals surface area contributed by atoms with Crippen LogP contribution < -0.4 is 0 Å². The van der Waals surface area contributed by atoms with Gasteiger partial charge in [-0.2, -0.15) is 12.6 Å². The third kappa shape index (κ3) is 3.83. The molecule has 0 bridgehead atoms. The van der Waals surface area contributed by atoms with Gasteiger partial charge in [0.2, 0.25) is 0 Å². The Hall–Kier alpha value is -1.29. The van der Waals surface area contributed by atoms with Crippen LogP contribution in [-0.4, -0.2) is 23.1 Å². The van der Waals surface area contributed by atoms with Crippen molar-refractivity contribution in [3.63, 3.8) is 0 Å². The Bertz CT molecular complexity index is 442. The van der Waals surface area contributed by atoms with Crippen molar-refractivity contribution in [3.05, 3.63) is 35.9 Å². The van der Waals surface area contributed by atoms with Gasteiger partial charge in [-0.3, -0.25) is 9.59 Å². The minimum Gasteiger partial charge on any atom is -0.465 e. The first-order valence-electron chi connectivity index (χ1n) is 6.39. The van der Waals surface area contributed by atoms with E-state index in [-0.39, 0.29) is 24.7 Å². The SMILES string of the molecule is CCOC(=O)C(S)(Cc1ccccc1)C(=O)C(C)C. The number of hydrogen-bond acceptors (Lipinski definition) is 4. The highest BCUT2D eigenvalue weighted by Crippen LogP contribution is 2.27. The summed E-state index contributed by atoms with van der Waals surface area (Å²) < 4.78 is 3.60. The van der Waals surface area contributed by atoms with E-state index in [0.717, 1.165) is 5.56 Å². The van der Waals surface area contributed by atoms with Gasteiger partial charge in [0.1, 0.15) is 0 Å². The van der Waals surface area contributed by atoms with Crippen LogP contribution >= 0.6 is 12.6 Å². The number of rotatable bonds is 6. The molecule has 1 aromatic rings. The van der Waals surface area contributed by atoms with E-state index in [1.165, 1.54) is 0 Å². The average molecular weight is 280 g/mol. The summed E-state index contributed by atoms with van der Waals surface area (Å²) >= 11 is 4.37. The summed E-state index contributed by atoms with van der Waals surface area (Å²) in [5.41, 5.74) is 0.888. The van der Waals surface area contributed by atoms with E-state index < -0.39 is 10.7 Å². The van der Waals surface area contributed by atoms with Gasteiger partial charge in [0, 0.05) is 12.3 Å². The van der Waals surface area contributed by atoms with Crippen LogP contribution in [0.1, 0.15) is 26.3 Å². The van der Waals surface area contributed by atoms with Gasteiger partial charge in [0.15, 0.2) is 10.5 Å². The van der Waals surface area contributed by atoms with Crippen molar-refractivity contribution in [1.82, 2.24) is 0 Å². The van der Waals surface area contributed by atoms with E-state index in [9.17, 15) is 9.59 Å². The summed E-state index contributed by atoms with van der Waals surface area (Å²) in [7, 11) is 0. The molecule has 0 aromatic heterocycles. The Morgan fingerprint density at radius 1 is 1.26 bits per heavy atom. The Kier molecular flexibility index (Phi) is 5.60. The first kappa shape index (κ1) is 15.8. The van der Waals surface area contributed by atoms with E-state index in [0.29, 0.717) is 0 Å². The molecule has 0 radical (unpaired) electrons. The number of carbonyl (C=O) groups excluding carboxylic acids is 2. The molecule has 19 heavy (non-hydrogen) atoms. The van der Waals surface area contributed by atoms with Crippen molar-refractivity contribution in [2.24, 2.45) is 5.92 Å². The van der Waals surface area contributed by atoms with Crippen LogP contribution in [0.25, 0.3) is 0 Å². The molecule has 0 saturated heterocycles. The molecule has 1 aromatic carbocycles. The normalized spacial score (nSPS) is 13.9. The lowest BCUT2D eigenvalue weighted by Crippen LogP contribution is -2.46. The van der Waals surface area contributed by atoms with Gasteiger partial charge >= 0.3 is 5.97 Å². The highest BCUT2D eigenvalue weighted by Gasteiger charge is 2.44. The van der Waals surface area contributed by atoms with Gasteiger partial charge in [0.25, 0.3) is 0 Å². The van der Waals surface area contributed by atoms with Crippen LogP contribution in [0.3, 0.4) is 0 Å². The summed E-state index contributed by atoms with van der Waals surface area (Å²) in [6.07, 6.45) is 0.243. The number of esters is 1. The molecule has 0 N–H and O–H groups in total. The standard InChI is InChI=1S/C15H20O3S/c1-4-18-14(17)15(19,13(16)11(2)3)10-12-8-6-5-7-9-12/h5-9,11,19H,4,10H2,1-3H3. The molecule has 0 aliphatic carbocycles. The molecule has 3 nitrogen and oxygen atoms in total. The highest BCUT2D eigenvalue weighted by molar-refractivity contribution is 7.83. The second-order valence-electron chi connectivity index (χ2n) is 4.76. The fraction of sp³-hybridized carbons (Fsp3) is 0.467. The largest absolute Gasteiger partial charge is 0.465 e. The number of hydrogen-bond donors (Lipinski definition) is 1. The van der Waals surface area contributed by atoms with Crippen molar-refractivity contribution in [2.75, 3.05) is 6.61 Å². The van der Waals surface area contributed by atoms with Crippen LogP contribution in [-0.2, 0) is 20.7 Å². The maximum absolute atomic E-state index is 12.3. The number of ketones is 1. The van der Waals surface area contributed by atoms with Crippen LogP contribution in [0.4, 0.5) is 0 Å². The topological polar surface area (TPSA) is 43.4 Å². The summed E-state index contributed by atoms with van der Waals surface area (Å²) in [6, 6.07) is 9.37. The Labute approximate surface area is 119 Å². The minimum atomic E-state index is -1.41. The summed E-state index contributed by atoms with van der Waals surface area (Å²) in [4.78, 5) is 24.4. The molecule has 0 amide bonds. The van der Waals surface area contributed by atoms with Crippen LogP contribution in [0.5, 0.6) is 0 Å². The molecule has 1 atom stereocenters. The molecule has 0 spiro atoms. The number of Topliss-reactive ketones (excluding diaryl/α,β-unsaturated/α-hetero) is 1. The third-order valence-corrected chi connectivity index (χ3v) is 3.41. The van der Waals surface area contributed by atoms with E-state index in [4.69, 9.17) is 4.74 Å².